The molecule has 25 heavy (non-hydrogen) atoms. The molecule has 1 atom stereocenters. The lowest BCUT2D eigenvalue weighted by atomic mass is 10.0. The predicted molar refractivity (Wildman–Crippen MR) is 89.8 cm³/mol. The van der Waals surface area contributed by atoms with Crippen molar-refractivity contribution in [2.24, 2.45) is 4.99 Å². The third-order valence-electron chi connectivity index (χ3n) is 3.96. The molecule has 2 rings (SSSR count). The number of nitrogens with one attached hydrogen (secondary N) is 2. The first-order chi connectivity index (χ1) is 11.8. The van der Waals surface area contributed by atoms with E-state index in [-0.39, 0.29) is 11.4 Å². The summed E-state index contributed by atoms with van der Waals surface area (Å²) in [5.41, 5.74) is 0.406. The van der Waals surface area contributed by atoms with E-state index < -0.39 is 12.8 Å². The average Bonchev–Trinajstić information content (AvgIpc) is 3.00. The average molecular weight is 359 g/mol. The smallest absolute Gasteiger partial charge is 0.422 e. The van der Waals surface area contributed by atoms with Crippen LogP contribution in [-0.2, 0) is 11.3 Å². The molecule has 0 radical (unpaired) electrons. The molecule has 0 spiro atoms. The Morgan fingerprint density at radius 3 is 2.72 bits per heavy atom. The largest absolute Gasteiger partial charge is 0.484 e. The first-order valence-electron chi connectivity index (χ1n) is 8.17. The van der Waals surface area contributed by atoms with E-state index >= 15 is 0 Å². The van der Waals surface area contributed by atoms with Gasteiger partial charge >= 0.3 is 6.18 Å². The molecule has 0 aliphatic carbocycles. The highest BCUT2D eigenvalue weighted by atomic mass is 19.4. The summed E-state index contributed by atoms with van der Waals surface area (Å²) in [5.74, 6) is 0.760. The van der Waals surface area contributed by atoms with Crippen molar-refractivity contribution in [2.45, 2.75) is 38.1 Å². The zero-order chi connectivity index (χ0) is 18.3. The van der Waals surface area contributed by atoms with Crippen LogP contribution in [0, 0.1) is 0 Å². The van der Waals surface area contributed by atoms with E-state index in [2.05, 4.69) is 15.6 Å². The standard InChI is InChI=1S/C17H24F3N3O2/c1-16(8-5-9-25-16)11-23-15(21-2)22-10-13-6-3-4-7-14(13)24-12-17(18,19)20/h3-4,6-7H,5,8-12H2,1-2H3,(H2,21,22,23). The Hall–Kier alpha value is -1.96. The molecule has 1 unspecified atom stereocenters. The maximum atomic E-state index is 12.3. The van der Waals surface area contributed by atoms with Gasteiger partial charge in [-0.15, -0.1) is 0 Å². The van der Waals surface area contributed by atoms with Crippen LogP contribution < -0.4 is 15.4 Å². The van der Waals surface area contributed by atoms with Gasteiger partial charge in [0.15, 0.2) is 12.6 Å². The Morgan fingerprint density at radius 2 is 2.08 bits per heavy atom. The van der Waals surface area contributed by atoms with Gasteiger partial charge in [0.05, 0.1) is 5.60 Å². The second-order valence-electron chi connectivity index (χ2n) is 6.19. The molecule has 0 amide bonds. The number of aliphatic imine (C=N–C) groups is 1. The fourth-order valence-electron chi connectivity index (χ4n) is 2.60. The van der Waals surface area contributed by atoms with E-state index in [0.29, 0.717) is 24.6 Å². The summed E-state index contributed by atoms with van der Waals surface area (Å²) in [7, 11) is 1.64. The Bertz CT molecular complexity index is 585. The highest BCUT2D eigenvalue weighted by molar-refractivity contribution is 5.79. The van der Waals surface area contributed by atoms with Crippen LogP contribution in [0.2, 0.25) is 0 Å². The van der Waals surface area contributed by atoms with Gasteiger partial charge in [-0.2, -0.15) is 13.2 Å². The number of hydrogen-bond acceptors (Lipinski definition) is 3. The van der Waals surface area contributed by atoms with E-state index in [1.54, 1.807) is 25.2 Å². The molecule has 8 heteroatoms. The molecular formula is C17H24F3N3O2. The van der Waals surface area contributed by atoms with Crippen LogP contribution in [0.4, 0.5) is 13.2 Å². The second kappa shape index (κ2) is 8.42. The van der Waals surface area contributed by atoms with E-state index in [9.17, 15) is 13.2 Å². The second-order valence-corrected chi connectivity index (χ2v) is 6.19. The van der Waals surface area contributed by atoms with Gasteiger partial charge in [-0.05, 0) is 25.8 Å². The predicted octanol–water partition coefficient (Wildman–Crippen LogP) is 2.86. The van der Waals surface area contributed by atoms with Crippen LogP contribution in [0.1, 0.15) is 25.3 Å². The van der Waals surface area contributed by atoms with Crippen LogP contribution >= 0.6 is 0 Å². The lowest BCUT2D eigenvalue weighted by Crippen LogP contribution is -2.45. The SMILES string of the molecule is CN=C(NCc1ccccc1OCC(F)(F)F)NCC1(C)CCCO1. The van der Waals surface area contributed by atoms with Gasteiger partial charge in [-0.3, -0.25) is 4.99 Å². The zero-order valence-corrected chi connectivity index (χ0v) is 14.4. The van der Waals surface area contributed by atoms with Crippen LogP contribution in [0.3, 0.4) is 0 Å². The highest BCUT2D eigenvalue weighted by Gasteiger charge is 2.30. The molecule has 1 saturated heterocycles. The van der Waals surface area contributed by atoms with Crippen molar-refractivity contribution in [1.29, 1.82) is 0 Å². The van der Waals surface area contributed by atoms with Crippen LogP contribution in [0.15, 0.2) is 29.3 Å². The molecule has 1 aromatic carbocycles. The van der Waals surface area contributed by atoms with Gasteiger partial charge in [0.1, 0.15) is 5.75 Å². The fraction of sp³-hybridized carbons (Fsp3) is 0.588. The van der Waals surface area contributed by atoms with E-state index in [0.717, 1.165) is 19.4 Å². The Morgan fingerprint density at radius 1 is 1.32 bits per heavy atom. The third kappa shape index (κ3) is 6.45. The van der Waals surface area contributed by atoms with E-state index in [1.165, 1.54) is 6.07 Å². The van der Waals surface area contributed by atoms with Crippen molar-refractivity contribution in [3.63, 3.8) is 0 Å². The third-order valence-corrected chi connectivity index (χ3v) is 3.96. The molecule has 1 heterocycles. The van der Waals surface area contributed by atoms with Crippen molar-refractivity contribution >= 4 is 5.96 Å². The summed E-state index contributed by atoms with van der Waals surface area (Å²) >= 11 is 0. The molecule has 140 valence electrons. The molecule has 2 N–H and O–H groups in total. The number of alkyl halides is 3. The van der Waals surface area contributed by atoms with E-state index in [1.807, 2.05) is 6.92 Å². The molecule has 0 aromatic heterocycles. The van der Waals surface area contributed by atoms with Crippen LogP contribution in [0.5, 0.6) is 5.75 Å². The Kier molecular flexibility index (Phi) is 6.52. The summed E-state index contributed by atoms with van der Waals surface area (Å²) in [6.45, 7) is 2.39. The first kappa shape index (κ1) is 19.4. The van der Waals surface area contributed by atoms with Gasteiger partial charge < -0.3 is 20.1 Å². The Balaban J connectivity index is 1.88. The van der Waals surface area contributed by atoms with Gasteiger partial charge in [0, 0.05) is 32.3 Å². The van der Waals surface area contributed by atoms with Crippen molar-refractivity contribution < 1.29 is 22.6 Å². The number of halogens is 3. The normalized spacial score (nSPS) is 21.2. The minimum absolute atomic E-state index is 0.203. The number of guanidine groups is 1. The number of nitrogens with zero attached hydrogens (tertiary/aromatic N) is 1. The minimum atomic E-state index is -4.37. The van der Waals surface area contributed by atoms with Crippen molar-refractivity contribution in [1.82, 2.24) is 10.6 Å². The summed E-state index contributed by atoms with van der Waals surface area (Å²) in [6.07, 6.45) is -2.35. The highest BCUT2D eigenvalue weighted by Crippen LogP contribution is 2.24. The van der Waals surface area contributed by atoms with Crippen LogP contribution in [-0.4, -0.2) is 44.5 Å². The lowest BCUT2D eigenvalue weighted by molar-refractivity contribution is -0.153. The van der Waals surface area contributed by atoms with Crippen molar-refractivity contribution in [3.8, 4) is 5.75 Å². The van der Waals surface area contributed by atoms with Gasteiger partial charge in [-0.25, -0.2) is 0 Å². The number of rotatable bonds is 6. The molecule has 0 saturated carbocycles. The molecule has 1 aliphatic rings. The lowest BCUT2D eigenvalue weighted by Gasteiger charge is -2.24. The van der Waals surface area contributed by atoms with Gasteiger partial charge in [0.2, 0.25) is 0 Å². The summed E-state index contributed by atoms with van der Waals surface area (Å²) in [5, 5.41) is 6.28. The van der Waals surface area contributed by atoms with Gasteiger partial charge in [0.25, 0.3) is 0 Å². The van der Waals surface area contributed by atoms with Gasteiger partial charge in [-0.1, -0.05) is 18.2 Å². The van der Waals surface area contributed by atoms with Crippen LogP contribution in [0.25, 0.3) is 0 Å². The maximum absolute atomic E-state index is 12.3. The summed E-state index contributed by atoms with van der Waals surface area (Å²) in [4.78, 5) is 4.13. The van der Waals surface area contributed by atoms with Crippen molar-refractivity contribution in [2.75, 3.05) is 26.8 Å². The first-order valence-corrected chi connectivity index (χ1v) is 8.17. The topological polar surface area (TPSA) is 54.9 Å². The fourth-order valence-corrected chi connectivity index (χ4v) is 2.60. The summed E-state index contributed by atoms with van der Waals surface area (Å²) in [6, 6.07) is 6.63. The molecular weight excluding hydrogens is 335 g/mol. The number of benzene rings is 1. The zero-order valence-electron chi connectivity index (χ0n) is 14.4. The number of para-hydroxylation sites is 1. The molecule has 1 fully saturated rings. The maximum Gasteiger partial charge on any atom is 0.422 e. The molecule has 1 aliphatic heterocycles. The summed E-state index contributed by atoms with van der Waals surface area (Å²) < 4.78 is 47.6. The monoisotopic (exact) mass is 359 g/mol. The quantitative estimate of drug-likeness (QED) is 0.606. The minimum Gasteiger partial charge on any atom is -0.484 e. The Labute approximate surface area is 145 Å². The number of hydrogen-bond donors (Lipinski definition) is 2. The van der Waals surface area contributed by atoms with Crippen molar-refractivity contribution in [3.05, 3.63) is 29.8 Å². The molecule has 0 bridgehead atoms. The molecule has 5 nitrogen and oxygen atoms in total. The van der Waals surface area contributed by atoms with E-state index in [4.69, 9.17) is 9.47 Å². The molecule has 1 aromatic rings. The number of ether oxygens (including phenoxy) is 2.